The minimum Gasteiger partial charge on any atom is -0.465 e. The van der Waals surface area contributed by atoms with Crippen LogP contribution in [0.2, 0.25) is 0 Å². The quantitative estimate of drug-likeness (QED) is 0.197. The van der Waals surface area contributed by atoms with Crippen molar-refractivity contribution in [1.29, 1.82) is 0 Å². The highest BCUT2D eigenvalue weighted by molar-refractivity contribution is 7.87. The second kappa shape index (κ2) is 15.8. The average molecular weight is 557 g/mol. The normalized spacial score (nSPS) is 13.8. The maximum absolute atomic E-state index is 13.4. The van der Waals surface area contributed by atoms with Crippen molar-refractivity contribution < 1.29 is 32.6 Å². The highest BCUT2D eigenvalue weighted by atomic mass is 32.2. The van der Waals surface area contributed by atoms with Gasteiger partial charge in [0.15, 0.2) is 0 Å². The lowest BCUT2D eigenvalue weighted by Gasteiger charge is -2.32. The number of benzene rings is 1. The maximum atomic E-state index is 13.4. The molecular weight excluding hydrogens is 512 g/mol. The summed E-state index contributed by atoms with van der Waals surface area (Å²) in [6.45, 7) is 8.20. The minimum absolute atomic E-state index is 0.0333. The van der Waals surface area contributed by atoms with Crippen LogP contribution in [-0.4, -0.2) is 73.0 Å². The second-order valence-electron chi connectivity index (χ2n) is 10.2. The molecule has 1 aromatic carbocycles. The molecule has 2 atom stereocenters. The minimum atomic E-state index is -4.23. The Hall–Kier alpha value is -2.54. The fourth-order valence-corrected chi connectivity index (χ4v) is 5.19. The van der Waals surface area contributed by atoms with E-state index in [1.54, 1.807) is 6.92 Å². The number of nitrogens with zero attached hydrogens (tertiary/aromatic N) is 1. The third-order valence-corrected chi connectivity index (χ3v) is 7.57. The lowest BCUT2D eigenvalue weighted by molar-refractivity contribution is -0.149. The molecule has 0 spiro atoms. The zero-order chi connectivity index (χ0) is 28.9. The Bertz CT molecular complexity index is 1000. The number of hydrogen-bond acceptors (Lipinski definition) is 7. The summed E-state index contributed by atoms with van der Waals surface area (Å²) < 4.78 is 35.2. The molecule has 0 aliphatic heterocycles. The number of esters is 1. The smallest absolute Gasteiger partial charge is 0.326 e. The van der Waals surface area contributed by atoms with Crippen LogP contribution in [0, 0.1) is 5.92 Å². The molecule has 11 nitrogen and oxygen atoms in total. The van der Waals surface area contributed by atoms with Crippen molar-refractivity contribution in [2.24, 2.45) is 11.7 Å². The molecule has 0 saturated heterocycles. The number of primary amides is 1. The summed E-state index contributed by atoms with van der Waals surface area (Å²) in [6.07, 6.45) is -0.158. The van der Waals surface area contributed by atoms with Gasteiger partial charge in [0.05, 0.1) is 18.8 Å². The number of nitrogens with one attached hydrogen (secondary N) is 2. The Morgan fingerprint density at radius 2 is 1.76 bits per heavy atom. The van der Waals surface area contributed by atoms with Gasteiger partial charge < -0.3 is 20.9 Å². The molecule has 5 N–H and O–H groups in total. The van der Waals surface area contributed by atoms with Crippen LogP contribution in [0.25, 0.3) is 0 Å². The van der Waals surface area contributed by atoms with E-state index in [1.165, 1.54) is 13.8 Å². The van der Waals surface area contributed by atoms with Crippen molar-refractivity contribution in [2.45, 2.75) is 84.4 Å². The predicted octanol–water partition coefficient (Wildman–Crippen LogP) is 1.25. The summed E-state index contributed by atoms with van der Waals surface area (Å²) in [5.41, 5.74) is 4.45. The van der Waals surface area contributed by atoms with E-state index in [9.17, 15) is 27.9 Å². The summed E-state index contributed by atoms with van der Waals surface area (Å²) >= 11 is 0. The molecule has 0 fully saturated rings. The average Bonchev–Trinajstić information content (AvgIpc) is 2.80. The van der Waals surface area contributed by atoms with Crippen LogP contribution in [0.15, 0.2) is 30.3 Å². The molecule has 216 valence electrons. The zero-order valence-electron chi connectivity index (χ0n) is 23.1. The number of carbonyl (C=O) groups is 3. The van der Waals surface area contributed by atoms with Gasteiger partial charge in [0, 0.05) is 25.9 Å². The van der Waals surface area contributed by atoms with E-state index in [2.05, 4.69) is 10.0 Å². The summed E-state index contributed by atoms with van der Waals surface area (Å²) in [5, 5.41) is 14.0. The van der Waals surface area contributed by atoms with Crippen molar-refractivity contribution in [3.05, 3.63) is 35.9 Å². The van der Waals surface area contributed by atoms with Crippen molar-refractivity contribution in [1.82, 2.24) is 14.3 Å². The van der Waals surface area contributed by atoms with Gasteiger partial charge in [-0.3, -0.25) is 14.4 Å². The first-order valence-electron chi connectivity index (χ1n) is 12.9. The van der Waals surface area contributed by atoms with Crippen molar-refractivity contribution in [2.75, 3.05) is 19.7 Å². The Morgan fingerprint density at radius 1 is 1.13 bits per heavy atom. The van der Waals surface area contributed by atoms with Crippen LogP contribution in [0.3, 0.4) is 0 Å². The topological polar surface area (TPSA) is 168 Å². The molecule has 0 aliphatic rings. The summed E-state index contributed by atoms with van der Waals surface area (Å²) in [6, 6.07) is 8.37. The van der Waals surface area contributed by atoms with Gasteiger partial charge in [0.2, 0.25) is 11.8 Å². The number of nitrogens with two attached hydrogens (primary N) is 1. The Labute approximate surface area is 226 Å². The zero-order valence-corrected chi connectivity index (χ0v) is 23.9. The first-order valence-corrected chi connectivity index (χ1v) is 14.4. The van der Waals surface area contributed by atoms with Gasteiger partial charge >= 0.3 is 5.97 Å². The van der Waals surface area contributed by atoms with E-state index in [4.69, 9.17) is 10.5 Å². The second-order valence-corrected chi connectivity index (χ2v) is 11.9. The molecule has 0 aromatic heterocycles. The monoisotopic (exact) mass is 556 g/mol. The van der Waals surface area contributed by atoms with Crippen molar-refractivity contribution >= 4 is 28.0 Å². The van der Waals surface area contributed by atoms with Gasteiger partial charge in [0.25, 0.3) is 10.2 Å². The number of ether oxygens (including phenoxy) is 1. The molecule has 0 unspecified atom stereocenters. The largest absolute Gasteiger partial charge is 0.465 e. The highest BCUT2D eigenvalue weighted by Gasteiger charge is 2.38. The van der Waals surface area contributed by atoms with Gasteiger partial charge in [-0.1, -0.05) is 44.2 Å². The summed E-state index contributed by atoms with van der Waals surface area (Å²) in [5.74, 6) is -1.45. The number of carbonyl (C=O) groups excluding carboxylic acids is 3. The van der Waals surface area contributed by atoms with Gasteiger partial charge in [-0.05, 0) is 51.5 Å². The van der Waals surface area contributed by atoms with Crippen LogP contribution < -0.4 is 15.8 Å². The summed E-state index contributed by atoms with van der Waals surface area (Å²) in [7, 11) is -4.23. The molecule has 0 heterocycles. The SMILES string of the molecule is CCOC(=O)C(C)(C)NS(=O)(=O)N(CCC(C)C)C[C@@H](O)[C@H](Cc1ccccc1)NC(=O)CCCC(N)=O. The molecule has 0 aliphatic carbocycles. The molecule has 1 rings (SSSR count). The van der Waals surface area contributed by atoms with E-state index in [0.29, 0.717) is 6.42 Å². The summed E-state index contributed by atoms with van der Waals surface area (Å²) in [4.78, 5) is 35.9. The lowest BCUT2D eigenvalue weighted by Crippen LogP contribution is -2.57. The van der Waals surface area contributed by atoms with Gasteiger partial charge in [-0.25, -0.2) is 0 Å². The molecule has 0 radical (unpaired) electrons. The van der Waals surface area contributed by atoms with E-state index < -0.39 is 39.8 Å². The van der Waals surface area contributed by atoms with Crippen LogP contribution >= 0.6 is 0 Å². The first-order chi connectivity index (χ1) is 17.7. The number of hydrogen-bond donors (Lipinski definition) is 4. The third-order valence-electron chi connectivity index (χ3n) is 5.79. The van der Waals surface area contributed by atoms with Crippen molar-refractivity contribution in [3.8, 4) is 0 Å². The Balaban J connectivity index is 3.16. The highest BCUT2D eigenvalue weighted by Crippen LogP contribution is 2.15. The number of aliphatic hydroxyl groups excluding tert-OH is 1. The van der Waals surface area contributed by atoms with E-state index in [0.717, 1.165) is 9.87 Å². The maximum Gasteiger partial charge on any atom is 0.326 e. The van der Waals surface area contributed by atoms with Gasteiger partial charge in [0.1, 0.15) is 5.54 Å². The van der Waals surface area contributed by atoms with Gasteiger partial charge in [-0.15, -0.1) is 0 Å². The fourth-order valence-electron chi connectivity index (χ4n) is 3.64. The number of amides is 2. The standard InChI is InChI=1S/C26H44N4O7S/c1-6-37-25(34)26(4,5)29-38(35,36)30(16-15-19(2)3)18-22(31)21(17-20-11-8-7-9-12-20)28-24(33)14-10-13-23(27)32/h7-9,11-12,19,21-22,29,31H,6,10,13-18H2,1-5H3,(H2,27,32)(H,28,33)/t21-,22+/m0/s1. The van der Waals surface area contributed by atoms with E-state index in [1.807, 2.05) is 44.2 Å². The van der Waals surface area contributed by atoms with Crippen LogP contribution in [0.5, 0.6) is 0 Å². The van der Waals surface area contributed by atoms with Crippen LogP contribution in [0.1, 0.15) is 65.9 Å². The fraction of sp³-hybridized carbons (Fsp3) is 0.654. The first kappa shape index (κ1) is 33.5. The molecule has 0 saturated carbocycles. The van der Waals surface area contributed by atoms with Crippen molar-refractivity contribution in [3.63, 3.8) is 0 Å². The van der Waals surface area contributed by atoms with Crippen LogP contribution in [0.4, 0.5) is 0 Å². The third kappa shape index (κ3) is 12.3. The molecule has 1 aromatic rings. The molecular formula is C26H44N4O7S. The van der Waals surface area contributed by atoms with E-state index >= 15 is 0 Å². The lowest BCUT2D eigenvalue weighted by atomic mass is 10.0. The number of aliphatic hydroxyl groups is 1. The van der Waals surface area contributed by atoms with Gasteiger partial charge in [-0.2, -0.15) is 17.4 Å². The molecule has 38 heavy (non-hydrogen) atoms. The number of rotatable bonds is 18. The van der Waals surface area contributed by atoms with Crippen LogP contribution in [-0.2, 0) is 35.8 Å². The molecule has 0 bridgehead atoms. The predicted molar refractivity (Wildman–Crippen MR) is 145 cm³/mol. The Morgan fingerprint density at radius 3 is 2.32 bits per heavy atom. The Kier molecular flexibility index (Phi) is 13.9. The molecule has 12 heteroatoms. The molecule has 2 amide bonds. The van der Waals surface area contributed by atoms with E-state index in [-0.39, 0.29) is 57.2 Å².